The molecule has 9 heteroatoms. The molecule has 1 aliphatic carbocycles. The van der Waals surface area contributed by atoms with Gasteiger partial charge in [-0.15, -0.1) is 0 Å². The molecule has 0 aliphatic heterocycles. The van der Waals surface area contributed by atoms with Crippen molar-refractivity contribution in [2.24, 2.45) is 5.92 Å². The highest BCUT2D eigenvalue weighted by atomic mass is 19.3. The van der Waals surface area contributed by atoms with Crippen LogP contribution < -0.4 is 4.74 Å². The molecule has 0 aromatic heterocycles. The van der Waals surface area contributed by atoms with E-state index < -0.39 is 52.3 Å². The van der Waals surface area contributed by atoms with Crippen molar-refractivity contribution in [3.8, 4) is 28.0 Å². The first kappa shape index (κ1) is 30.3. The van der Waals surface area contributed by atoms with E-state index in [2.05, 4.69) is 16.9 Å². The fraction of sp³-hybridized carbons (Fsp3) is 0.235. The van der Waals surface area contributed by atoms with E-state index in [9.17, 15) is 30.7 Å². The number of allylic oxidation sites excluding steroid dienone is 2. The summed E-state index contributed by atoms with van der Waals surface area (Å²) in [5, 5.41) is 0. The maximum absolute atomic E-state index is 15.2. The van der Waals surface area contributed by atoms with Crippen LogP contribution in [-0.4, -0.2) is 0 Å². The number of alkyl halides is 2. The molecular weight excluding hydrogens is 576 g/mol. The minimum Gasteiger partial charge on any atom is -0.429 e. The second-order valence-electron chi connectivity index (χ2n) is 10.6. The number of benzene rings is 4. The summed E-state index contributed by atoms with van der Waals surface area (Å²) in [5.74, 6) is -10.1. The smallest absolute Gasteiger partial charge is 0.429 e. The molecule has 1 nitrogen and oxygen atoms in total. The van der Waals surface area contributed by atoms with Gasteiger partial charge in [0.1, 0.15) is 28.8 Å². The number of hydrogen-bond donors (Lipinski definition) is 0. The molecule has 0 bridgehead atoms. The van der Waals surface area contributed by atoms with Crippen molar-refractivity contribution < 1.29 is 39.9 Å². The summed E-state index contributed by atoms with van der Waals surface area (Å²) >= 11 is 0. The Labute approximate surface area is 243 Å². The van der Waals surface area contributed by atoms with Crippen LogP contribution in [0.2, 0.25) is 0 Å². The van der Waals surface area contributed by atoms with Gasteiger partial charge in [-0.2, -0.15) is 8.78 Å². The summed E-state index contributed by atoms with van der Waals surface area (Å²) in [6.07, 6.45) is 4.03. The normalized spacial score (nSPS) is 17.4. The molecular formula is C34H26F8O. The second-order valence-corrected chi connectivity index (χ2v) is 10.6. The third-order valence-corrected chi connectivity index (χ3v) is 7.77. The molecule has 0 spiro atoms. The Morgan fingerprint density at radius 3 is 1.77 bits per heavy atom. The van der Waals surface area contributed by atoms with Crippen molar-refractivity contribution in [3.63, 3.8) is 0 Å². The maximum atomic E-state index is 15.2. The monoisotopic (exact) mass is 602 g/mol. The zero-order valence-corrected chi connectivity index (χ0v) is 22.9. The highest BCUT2D eigenvalue weighted by molar-refractivity contribution is 5.71. The molecule has 0 unspecified atom stereocenters. The predicted molar refractivity (Wildman–Crippen MR) is 148 cm³/mol. The van der Waals surface area contributed by atoms with Crippen LogP contribution in [0.15, 0.2) is 78.9 Å². The van der Waals surface area contributed by atoms with Crippen molar-refractivity contribution in [1.82, 2.24) is 0 Å². The van der Waals surface area contributed by atoms with Gasteiger partial charge >= 0.3 is 6.11 Å². The molecule has 1 aliphatic rings. The summed E-state index contributed by atoms with van der Waals surface area (Å²) in [7, 11) is 0. The molecule has 0 atom stereocenters. The van der Waals surface area contributed by atoms with Gasteiger partial charge in [0.05, 0.1) is 0 Å². The van der Waals surface area contributed by atoms with Crippen molar-refractivity contribution >= 4 is 0 Å². The van der Waals surface area contributed by atoms with Gasteiger partial charge in [-0.05, 0) is 84.9 Å². The lowest BCUT2D eigenvalue weighted by atomic mass is 9.78. The molecule has 0 amide bonds. The number of hydrogen-bond acceptors (Lipinski definition) is 1. The lowest BCUT2D eigenvalue weighted by Gasteiger charge is -2.27. The standard InChI is InChI=1S/C34H26F8O/c1-2-3-19-4-6-20(7-5-19)21-8-10-22(11-9-21)23-12-13-26(27(35)14-23)24-15-28(36)32(29(37)16-24)34(41,42)43-25-17-30(38)33(40)31(39)18-25/h2-3,8-20H,4-7H2,1H3. The molecule has 4 aromatic rings. The van der Waals surface area contributed by atoms with E-state index in [0.717, 1.165) is 31.2 Å². The number of rotatable bonds is 7. The van der Waals surface area contributed by atoms with E-state index in [1.165, 1.54) is 17.7 Å². The third-order valence-electron chi connectivity index (χ3n) is 7.77. The Morgan fingerprint density at radius 2 is 1.21 bits per heavy atom. The van der Waals surface area contributed by atoms with Gasteiger partial charge in [0.2, 0.25) is 0 Å². The highest BCUT2D eigenvalue weighted by Crippen LogP contribution is 2.39. The second kappa shape index (κ2) is 12.2. The Balaban J connectivity index is 1.34. The highest BCUT2D eigenvalue weighted by Gasteiger charge is 2.41. The van der Waals surface area contributed by atoms with E-state index in [0.29, 0.717) is 29.5 Å². The van der Waals surface area contributed by atoms with Gasteiger partial charge < -0.3 is 4.74 Å². The third kappa shape index (κ3) is 6.45. The van der Waals surface area contributed by atoms with Crippen LogP contribution in [0.4, 0.5) is 35.1 Å². The summed E-state index contributed by atoms with van der Waals surface area (Å²) in [6, 6.07) is 13.0. The van der Waals surface area contributed by atoms with Gasteiger partial charge in [-0.3, -0.25) is 0 Å². The number of halogens is 8. The summed E-state index contributed by atoms with van der Waals surface area (Å²) in [5.41, 5.74) is -0.0122. The van der Waals surface area contributed by atoms with E-state index in [-0.39, 0.29) is 23.3 Å². The van der Waals surface area contributed by atoms with E-state index in [1.54, 1.807) is 6.07 Å². The first-order valence-electron chi connectivity index (χ1n) is 13.7. The van der Waals surface area contributed by atoms with Crippen molar-refractivity contribution in [3.05, 3.63) is 125 Å². The lowest BCUT2D eigenvalue weighted by Crippen LogP contribution is -2.25. The molecule has 1 fully saturated rings. The minimum atomic E-state index is -4.75. The Hall–Kier alpha value is -4.14. The molecule has 1 saturated carbocycles. The molecule has 0 radical (unpaired) electrons. The molecule has 224 valence electrons. The first-order chi connectivity index (χ1) is 20.5. The quantitative estimate of drug-likeness (QED) is 0.116. The summed E-state index contributed by atoms with van der Waals surface area (Å²) in [4.78, 5) is 0. The maximum Gasteiger partial charge on any atom is 0.432 e. The molecule has 43 heavy (non-hydrogen) atoms. The molecule has 0 heterocycles. The van der Waals surface area contributed by atoms with E-state index >= 15 is 4.39 Å². The summed E-state index contributed by atoms with van der Waals surface area (Å²) in [6.45, 7) is 2.03. The largest absolute Gasteiger partial charge is 0.432 e. The Kier molecular flexibility index (Phi) is 8.62. The van der Waals surface area contributed by atoms with Gasteiger partial charge in [-0.25, -0.2) is 26.3 Å². The van der Waals surface area contributed by atoms with Crippen LogP contribution in [0, 0.1) is 40.8 Å². The van der Waals surface area contributed by atoms with Crippen LogP contribution in [-0.2, 0) is 6.11 Å². The molecule has 4 aromatic carbocycles. The van der Waals surface area contributed by atoms with Gasteiger partial charge in [0.25, 0.3) is 0 Å². The molecule has 0 N–H and O–H groups in total. The average molecular weight is 603 g/mol. The van der Waals surface area contributed by atoms with Crippen LogP contribution in [0.3, 0.4) is 0 Å². The average Bonchev–Trinajstić information content (AvgIpc) is 2.95. The fourth-order valence-electron chi connectivity index (χ4n) is 5.59. The SMILES string of the molecule is CC=CC1CCC(c2ccc(-c3ccc(-c4cc(F)c(C(F)(F)Oc5cc(F)c(F)c(F)c5)c(F)c4)c(F)c3)cc2)CC1. The van der Waals surface area contributed by atoms with Gasteiger partial charge in [-0.1, -0.05) is 48.6 Å². The topological polar surface area (TPSA) is 9.23 Å². The van der Waals surface area contributed by atoms with Crippen LogP contribution in [0.1, 0.15) is 49.7 Å². The minimum absolute atomic E-state index is 0.109. The van der Waals surface area contributed by atoms with Gasteiger partial charge in [0, 0.05) is 17.7 Å². The van der Waals surface area contributed by atoms with Crippen molar-refractivity contribution in [2.75, 3.05) is 0 Å². The fourth-order valence-corrected chi connectivity index (χ4v) is 5.59. The van der Waals surface area contributed by atoms with Crippen LogP contribution in [0.5, 0.6) is 5.75 Å². The Bertz CT molecular complexity index is 1610. The molecule has 5 rings (SSSR count). The zero-order chi connectivity index (χ0) is 30.9. The zero-order valence-electron chi connectivity index (χ0n) is 22.9. The van der Waals surface area contributed by atoms with Crippen LogP contribution >= 0.6 is 0 Å². The van der Waals surface area contributed by atoms with Crippen LogP contribution in [0.25, 0.3) is 22.3 Å². The van der Waals surface area contributed by atoms with Gasteiger partial charge in [0.15, 0.2) is 17.5 Å². The molecule has 0 saturated heterocycles. The van der Waals surface area contributed by atoms with Crippen molar-refractivity contribution in [1.29, 1.82) is 0 Å². The predicted octanol–water partition coefficient (Wildman–Crippen LogP) is 10.8. The summed E-state index contributed by atoms with van der Waals surface area (Å²) < 4.78 is 118. The van der Waals surface area contributed by atoms with E-state index in [1.807, 2.05) is 31.2 Å². The first-order valence-corrected chi connectivity index (χ1v) is 13.7. The van der Waals surface area contributed by atoms with E-state index in [4.69, 9.17) is 0 Å². The Morgan fingerprint density at radius 1 is 0.651 bits per heavy atom. The number of ether oxygens (including phenoxy) is 1. The lowest BCUT2D eigenvalue weighted by molar-refractivity contribution is -0.189. The van der Waals surface area contributed by atoms with Crippen molar-refractivity contribution in [2.45, 2.75) is 44.6 Å².